The van der Waals surface area contributed by atoms with Crippen LogP contribution >= 0.6 is 27.5 Å². The molecule has 0 aliphatic rings. The van der Waals surface area contributed by atoms with Gasteiger partial charge in [0, 0.05) is 27.4 Å². The average Bonchev–Trinajstić information content (AvgIpc) is 2.48. The van der Waals surface area contributed by atoms with E-state index in [2.05, 4.69) is 20.9 Å². The van der Waals surface area contributed by atoms with Crippen LogP contribution in [0.3, 0.4) is 0 Å². The largest absolute Gasteiger partial charge is 0.496 e. The molecule has 0 fully saturated rings. The molecule has 1 aromatic heterocycles. The van der Waals surface area contributed by atoms with E-state index in [-0.39, 0.29) is 0 Å². The highest BCUT2D eigenvalue weighted by atomic mass is 79.9. The summed E-state index contributed by atoms with van der Waals surface area (Å²) in [5, 5.41) is 0. The van der Waals surface area contributed by atoms with Gasteiger partial charge in [0.05, 0.1) is 18.7 Å². The monoisotopic (exact) mass is 369 g/mol. The molecular formula is C16H17BrClNO2. The van der Waals surface area contributed by atoms with Crippen LogP contribution in [0.1, 0.15) is 22.4 Å². The van der Waals surface area contributed by atoms with Crippen molar-refractivity contribution in [3.8, 4) is 11.5 Å². The van der Waals surface area contributed by atoms with Crippen molar-refractivity contribution < 1.29 is 9.47 Å². The molecule has 0 saturated carbocycles. The number of aromatic nitrogens is 1. The first kappa shape index (κ1) is 16.1. The molecule has 0 atom stereocenters. The SMILES string of the molecule is COc1c(C)cnc(COc2ccc(Br)cc2CCl)c1C. The maximum atomic E-state index is 5.95. The van der Waals surface area contributed by atoms with Crippen LogP contribution in [0.25, 0.3) is 0 Å². The number of alkyl halides is 1. The molecule has 1 aromatic carbocycles. The molecule has 5 heteroatoms. The standard InChI is InChI=1S/C16H17BrClNO2/c1-10-8-19-14(11(2)16(10)20-3)9-21-15-5-4-13(17)6-12(15)7-18/h4-6,8H,7,9H2,1-3H3. The van der Waals surface area contributed by atoms with Gasteiger partial charge < -0.3 is 9.47 Å². The molecule has 2 rings (SSSR count). The van der Waals surface area contributed by atoms with Crippen LogP contribution in [0.15, 0.2) is 28.9 Å². The van der Waals surface area contributed by atoms with Crippen molar-refractivity contribution in [2.24, 2.45) is 0 Å². The predicted octanol–water partition coefficient (Wildman–Crippen LogP) is 4.79. The fraction of sp³-hybridized carbons (Fsp3) is 0.312. The van der Waals surface area contributed by atoms with E-state index in [0.717, 1.165) is 38.4 Å². The number of hydrogen-bond donors (Lipinski definition) is 0. The number of pyridine rings is 1. The van der Waals surface area contributed by atoms with Crippen molar-refractivity contribution in [2.75, 3.05) is 7.11 Å². The molecule has 112 valence electrons. The van der Waals surface area contributed by atoms with Gasteiger partial charge in [0.25, 0.3) is 0 Å². The first-order valence-corrected chi connectivity index (χ1v) is 7.85. The lowest BCUT2D eigenvalue weighted by atomic mass is 10.1. The van der Waals surface area contributed by atoms with Gasteiger partial charge in [-0.2, -0.15) is 0 Å². The third-order valence-electron chi connectivity index (χ3n) is 3.28. The van der Waals surface area contributed by atoms with Gasteiger partial charge in [-0.15, -0.1) is 11.6 Å². The van der Waals surface area contributed by atoms with Crippen LogP contribution in [-0.2, 0) is 12.5 Å². The maximum Gasteiger partial charge on any atom is 0.131 e. The first-order valence-electron chi connectivity index (χ1n) is 6.53. The normalized spacial score (nSPS) is 10.5. The van der Waals surface area contributed by atoms with Crippen molar-refractivity contribution >= 4 is 27.5 Å². The minimum absolute atomic E-state index is 0.383. The fourth-order valence-electron chi connectivity index (χ4n) is 2.16. The zero-order valence-electron chi connectivity index (χ0n) is 12.2. The van der Waals surface area contributed by atoms with Crippen LogP contribution in [0.2, 0.25) is 0 Å². The van der Waals surface area contributed by atoms with E-state index in [0.29, 0.717) is 12.5 Å². The molecule has 3 nitrogen and oxygen atoms in total. The fourth-order valence-corrected chi connectivity index (χ4v) is 2.77. The summed E-state index contributed by atoms with van der Waals surface area (Å²) in [4.78, 5) is 4.43. The van der Waals surface area contributed by atoms with Gasteiger partial charge in [0.2, 0.25) is 0 Å². The van der Waals surface area contributed by atoms with E-state index in [4.69, 9.17) is 21.1 Å². The van der Waals surface area contributed by atoms with Gasteiger partial charge in [-0.1, -0.05) is 15.9 Å². The Kier molecular flexibility index (Phi) is 5.48. The van der Waals surface area contributed by atoms with Crippen LogP contribution in [0.5, 0.6) is 11.5 Å². The summed E-state index contributed by atoms with van der Waals surface area (Å²) in [6.07, 6.45) is 1.80. The minimum atomic E-state index is 0.383. The lowest BCUT2D eigenvalue weighted by Crippen LogP contribution is -2.05. The molecule has 0 bridgehead atoms. The smallest absolute Gasteiger partial charge is 0.131 e. The molecule has 2 aromatic rings. The van der Waals surface area contributed by atoms with E-state index in [9.17, 15) is 0 Å². The molecule has 0 radical (unpaired) electrons. The quantitative estimate of drug-likeness (QED) is 0.709. The average molecular weight is 371 g/mol. The number of ether oxygens (including phenoxy) is 2. The topological polar surface area (TPSA) is 31.4 Å². The number of benzene rings is 1. The highest BCUT2D eigenvalue weighted by Crippen LogP contribution is 2.28. The number of rotatable bonds is 5. The van der Waals surface area contributed by atoms with Crippen molar-refractivity contribution in [3.05, 3.63) is 51.3 Å². The minimum Gasteiger partial charge on any atom is -0.496 e. The summed E-state index contributed by atoms with van der Waals surface area (Å²) in [7, 11) is 1.67. The third-order valence-corrected chi connectivity index (χ3v) is 4.06. The summed E-state index contributed by atoms with van der Waals surface area (Å²) in [5.74, 6) is 2.03. The second-order valence-corrected chi connectivity index (χ2v) is 5.90. The van der Waals surface area contributed by atoms with E-state index < -0.39 is 0 Å². The highest BCUT2D eigenvalue weighted by Gasteiger charge is 2.11. The van der Waals surface area contributed by atoms with Gasteiger partial charge in [-0.05, 0) is 32.0 Å². The molecule has 0 spiro atoms. The highest BCUT2D eigenvalue weighted by molar-refractivity contribution is 9.10. The number of hydrogen-bond acceptors (Lipinski definition) is 3. The Labute approximate surface area is 138 Å². The lowest BCUT2D eigenvalue weighted by molar-refractivity contribution is 0.296. The number of aryl methyl sites for hydroxylation is 1. The van der Waals surface area contributed by atoms with Gasteiger partial charge in [-0.3, -0.25) is 4.98 Å². The molecule has 0 saturated heterocycles. The molecule has 1 heterocycles. The van der Waals surface area contributed by atoms with Crippen molar-refractivity contribution in [3.63, 3.8) is 0 Å². The Hall–Kier alpha value is -1.26. The molecule has 0 amide bonds. The molecule has 0 aliphatic heterocycles. The van der Waals surface area contributed by atoms with Crippen molar-refractivity contribution in [1.29, 1.82) is 0 Å². The Morgan fingerprint density at radius 3 is 2.71 bits per heavy atom. The van der Waals surface area contributed by atoms with Gasteiger partial charge in [0.1, 0.15) is 18.1 Å². The zero-order chi connectivity index (χ0) is 15.4. The number of methoxy groups -OCH3 is 1. The molecule has 0 unspecified atom stereocenters. The maximum absolute atomic E-state index is 5.95. The summed E-state index contributed by atoms with van der Waals surface area (Å²) in [6.45, 7) is 4.35. The molecular weight excluding hydrogens is 354 g/mol. The number of halogens is 2. The molecule has 0 aliphatic carbocycles. The van der Waals surface area contributed by atoms with Gasteiger partial charge in [0.15, 0.2) is 0 Å². The van der Waals surface area contributed by atoms with Crippen molar-refractivity contribution in [2.45, 2.75) is 26.3 Å². The summed E-state index contributed by atoms with van der Waals surface area (Å²) in [6, 6.07) is 5.79. The Morgan fingerprint density at radius 2 is 2.05 bits per heavy atom. The van der Waals surface area contributed by atoms with E-state index in [1.807, 2.05) is 32.0 Å². The van der Waals surface area contributed by atoms with Crippen LogP contribution in [0, 0.1) is 13.8 Å². The summed E-state index contributed by atoms with van der Waals surface area (Å²) >= 11 is 9.38. The summed E-state index contributed by atoms with van der Waals surface area (Å²) in [5.41, 5.74) is 3.83. The Bertz CT molecular complexity index is 646. The van der Waals surface area contributed by atoms with Gasteiger partial charge >= 0.3 is 0 Å². The Morgan fingerprint density at radius 1 is 1.29 bits per heavy atom. The third kappa shape index (κ3) is 3.69. The summed E-state index contributed by atoms with van der Waals surface area (Å²) < 4.78 is 12.3. The Balaban J connectivity index is 2.21. The molecule has 21 heavy (non-hydrogen) atoms. The lowest BCUT2D eigenvalue weighted by Gasteiger charge is -2.14. The van der Waals surface area contributed by atoms with Crippen LogP contribution < -0.4 is 9.47 Å². The molecule has 0 N–H and O–H groups in total. The first-order chi connectivity index (χ1) is 10.1. The number of nitrogens with zero attached hydrogens (tertiary/aromatic N) is 1. The second kappa shape index (κ2) is 7.14. The van der Waals surface area contributed by atoms with Crippen molar-refractivity contribution in [1.82, 2.24) is 4.98 Å². The predicted molar refractivity (Wildman–Crippen MR) is 88.3 cm³/mol. The van der Waals surface area contributed by atoms with Gasteiger partial charge in [-0.25, -0.2) is 0 Å². The van der Waals surface area contributed by atoms with E-state index >= 15 is 0 Å². The second-order valence-electron chi connectivity index (χ2n) is 4.72. The van der Waals surface area contributed by atoms with E-state index in [1.54, 1.807) is 13.3 Å². The van der Waals surface area contributed by atoms with Crippen LogP contribution in [-0.4, -0.2) is 12.1 Å². The van der Waals surface area contributed by atoms with E-state index in [1.165, 1.54) is 0 Å². The van der Waals surface area contributed by atoms with Crippen LogP contribution in [0.4, 0.5) is 0 Å². The zero-order valence-corrected chi connectivity index (χ0v) is 14.6.